The molecule has 4 N–H and O–H groups in total. The number of nitrogens with zero attached hydrogens (tertiary/aromatic N) is 1. The Hall–Kier alpha value is -1.95. The molecule has 1 aromatic carbocycles. The van der Waals surface area contributed by atoms with Gasteiger partial charge in [0.05, 0.1) is 5.70 Å². The Kier molecular flexibility index (Phi) is 6.30. The minimum atomic E-state index is -0.380. The van der Waals surface area contributed by atoms with Crippen LogP contribution in [0.15, 0.2) is 40.7 Å². The first-order chi connectivity index (χ1) is 10.0. The summed E-state index contributed by atoms with van der Waals surface area (Å²) in [6.07, 6.45) is 3.34. The van der Waals surface area contributed by atoms with Gasteiger partial charge in [-0.2, -0.15) is 0 Å². The molecule has 0 fully saturated rings. The summed E-state index contributed by atoms with van der Waals surface area (Å²) in [5.74, 6) is -0.380. The van der Waals surface area contributed by atoms with Gasteiger partial charge in [-0.1, -0.05) is 29.3 Å². The maximum Gasteiger partial charge on any atom is 0.206 e. The number of allylic oxidation sites excluding steroid dienone is 2. The third kappa shape index (κ3) is 4.01. The highest BCUT2D eigenvalue weighted by atomic mass is 35.5. The van der Waals surface area contributed by atoms with Gasteiger partial charge in [0.25, 0.3) is 0 Å². The monoisotopic (exact) mass is 325 g/mol. The minimum Gasteiger partial charge on any atom is -0.395 e. The van der Waals surface area contributed by atoms with Crippen LogP contribution in [0.25, 0.3) is 6.08 Å². The van der Waals surface area contributed by atoms with Gasteiger partial charge in [0.1, 0.15) is 11.4 Å². The number of ketones is 1. The molecule has 0 radical (unpaired) electrons. The highest BCUT2D eigenvalue weighted by molar-refractivity contribution is 6.41. The molecule has 110 valence electrons. The zero-order chi connectivity index (χ0) is 16.0. The molecular formula is C14H13Cl2N3O2. The number of rotatable bonds is 4. The molecule has 0 bridgehead atoms. The van der Waals surface area contributed by atoms with Crippen LogP contribution in [0.2, 0.25) is 10.0 Å². The second-order valence-corrected chi connectivity index (χ2v) is 4.58. The number of hydrogen-bond donors (Lipinski definition) is 2. The van der Waals surface area contributed by atoms with Crippen LogP contribution in [0.1, 0.15) is 5.56 Å². The molecule has 1 aromatic rings. The van der Waals surface area contributed by atoms with Crippen LogP contribution in [-0.4, -0.2) is 24.8 Å². The molecule has 2 rings (SSSR count). The molecule has 1 aliphatic rings. The summed E-state index contributed by atoms with van der Waals surface area (Å²) >= 11 is 11.7. The lowest BCUT2D eigenvalue weighted by atomic mass is 10.1. The summed E-state index contributed by atoms with van der Waals surface area (Å²) in [6, 6.07) is 4.93. The minimum absolute atomic E-state index is 0.0865. The lowest BCUT2D eigenvalue weighted by molar-refractivity contribution is -0.111. The summed E-state index contributed by atoms with van der Waals surface area (Å²) in [4.78, 5) is 25.9. The van der Waals surface area contributed by atoms with Gasteiger partial charge in [0.15, 0.2) is 6.29 Å². The molecule has 0 aliphatic carbocycles. The standard InChI is InChI=1S/C13H8Cl2N2O2.CH5N/c14-8-3-1-7(9(15)5-8)2-4-11(19)13-12(16)10(6-18)17-13;1-2/h1-6H,16H2;2H2,1H3/b4-2+;. The Morgan fingerprint density at radius 2 is 1.95 bits per heavy atom. The highest BCUT2D eigenvalue weighted by Gasteiger charge is 2.23. The van der Waals surface area contributed by atoms with Crippen molar-refractivity contribution >= 4 is 47.1 Å². The summed E-state index contributed by atoms with van der Waals surface area (Å²) in [7, 11) is 1.50. The third-order valence-corrected chi connectivity index (χ3v) is 3.05. The summed E-state index contributed by atoms with van der Waals surface area (Å²) in [6.45, 7) is 0. The summed E-state index contributed by atoms with van der Waals surface area (Å²) < 4.78 is 0. The van der Waals surface area contributed by atoms with E-state index in [4.69, 9.17) is 28.9 Å². The Morgan fingerprint density at radius 3 is 2.48 bits per heavy atom. The zero-order valence-electron chi connectivity index (χ0n) is 11.1. The number of hydrogen-bond acceptors (Lipinski definition) is 5. The molecule has 0 amide bonds. The van der Waals surface area contributed by atoms with E-state index in [1.807, 2.05) is 0 Å². The van der Waals surface area contributed by atoms with Gasteiger partial charge in [-0.05, 0) is 36.9 Å². The lowest BCUT2D eigenvalue weighted by Crippen LogP contribution is -2.26. The second-order valence-electron chi connectivity index (χ2n) is 3.74. The zero-order valence-corrected chi connectivity index (χ0v) is 12.7. The molecule has 0 saturated heterocycles. The Morgan fingerprint density at radius 1 is 1.29 bits per heavy atom. The van der Waals surface area contributed by atoms with Crippen molar-refractivity contribution in [2.75, 3.05) is 7.05 Å². The van der Waals surface area contributed by atoms with Crippen molar-refractivity contribution in [2.24, 2.45) is 16.5 Å². The van der Waals surface area contributed by atoms with E-state index < -0.39 is 0 Å². The van der Waals surface area contributed by atoms with Crippen LogP contribution in [0, 0.1) is 0 Å². The van der Waals surface area contributed by atoms with E-state index in [0.717, 1.165) is 0 Å². The van der Waals surface area contributed by atoms with E-state index in [0.29, 0.717) is 21.9 Å². The Labute approximate surface area is 131 Å². The summed E-state index contributed by atoms with van der Waals surface area (Å²) in [5, 5.41) is 0.948. The largest absolute Gasteiger partial charge is 0.395 e. The molecule has 0 atom stereocenters. The SMILES string of the molecule is CN.NC1=C(C(=O)/C=C/c2ccc(Cl)cc2Cl)N=C1C=O. The van der Waals surface area contributed by atoms with Crippen LogP contribution in [-0.2, 0) is 9.59 Å². The average Bonchev–Trinajstić information content (AvgIpc) is 2.47. The number of halogens is 2. The topological polar surface area (TPSA) is 98.5 Å². The highest BCUT2D eigenvalue weighted by Crippen LogP contribution is 2.23. The molecule has 0 spiro atoms. The number of aliphatic imine (C=N–C) groups is 1. The van der Waals surface area contributed by atoms with Crippen molar-refractivity contribution in [2.45, 2.75) is 0 Å². The third-order valence-electron chi connectivity index (χ3n) is 2.49. The van der Waals surface area contributed by atoms with Crippen molar-refractivity contribution in [3.63, 3.8) is 0 Å². The molecule has 0 aromatic heterocycles. The molecule has 0 unspecified atom stereocenters. The predicted octanol–water partition coefficient (Wildman–Crippen LogP) is 1.97. The van der Waals surface area contributed by atoms with Gasteiger partial charge in [0.2, 0.25) is 5.78 Å². The maximum atomic E-state index is 11.7. The Bertz CT molecular complexity index is 664. The van der Waals surface area contributed by atoms with E-state index in [1.54, 1.807) is 18.2 Å². The second kappa shape index (κ2) is 7.73. The Balaban J connectivity index is 0.00000106. The van der Waals surface area contributed by atoms with Crippen LogP contribution in [0.5, 0.6) is 0 Å². The van der Waals surface area contributed by atoms with Crippen LogP contribution < -0.4 is 11.5 Å². The fourth-order valence-corrected chi connectivity index (χ4v) is 1.94. The number of carbonyl (C=O) groups is 2. The van der Waals surface area contributed by atoms with E-state index in [9.17, 15) is 9.59 Å². The van der Waals surface area contributed by atoms with Crippen LogP contribution in [0.4, 0.5) is 0 Å². The van der Waals surface area contributed by atoms with Gasteiger partial charge in [-0.15, -0.1) is 0 Å². The van der Waals surface area contributed by atoms with E-state index in [1.165, 1.54) is 19.2 Å². The lowest BCUT2D eigenvalue weighted by Gasteiger charge is -2.12. The summed E-state index contributed by atoms with van der Waals surface area (Å²) in [5.41, 5.74) is 11.0. The van der Waals surface area contributed by atoms with E-state index in [2.05, 4.69) is 10.7 Å². The molecule has 1 aliphatic heterocycles. The fourth-order valence-electron chi connectivity index (χ4n) is 1.47. The van der Waals surface area contributed by atoms with Crippen molar-refractivity contribution in [3.8, 4) is 0 Å². The predicted molar refractivity (Wildman–Crippen MR) is 85.3 cm³/mol. The van der Waals surface area contributed by atoms with Gasteiger partial charge in [0, 0.05) is 10.0 Å². The van der Waals surface area contributed by atoms with Crippen molar-refractivity contribution in [1.82, 2.24) is 0 Å². The van der Waals surface area contributed by atoms with E-state index >= 15 is 0 Å². The first-order valence-electron chi connectivity index (χ1n) is 5.82. The quantitative estimate of drug-likeness (QED) is 0.653. The number of aldehydes is 1. The van der Waals surface area contributed by atoms with Gasteiger partial charge < -0.3 is 11.5 Å². The first kappa shape index (κ1) is 17.1. The molecular weight excluding hydrogens is 313 g/mol. The van der Waals surface area contributed by atoms with E-state index in [-0.39, 0.29) is 22.9 Å². The molecule has 21 heavy (non-hydrogen) atoms. The van der Waals surface area contributed by atoms with Crippen molar-refractivity contribution in [1.29, 1.82) is 0 Å². The number of carbonyl (C=O) groups excluding carboxylic acids is 2. The molecule has 5 nitrogen and oxygen atoms in total. The van der Waals surface area contributed by atoms with Gasteiger partial charge >= 0.3 is 0 Å². The van der Waals surface area contributed by atoms with Crippen molar-refractivity contribution in [3.05, 3.63) is 51.3 Å². The number of benzene rings is 1. The molecule has 0 saturated carbocycles. The van der Waals surface area contributed by atoms with Crippen molar-refractivity contribution < 1.29 is 9.59 Å². The average molecular weight is 326 g/mol. The molecule has 1 heterocycles. The normalized spacial score (nSPS) is 13.2. The van der Waals surface area contributed by atoms with Crippen LogP contribution >= 0.6 is 23.2 Å². The number of nitrogens with two attached hydrogens (primary N) is 2. The maximum absolute atomic E-state index is 11.7. The fraction of sp³-hybridized carbons (Fsp3) is 0.0714. The first-order valence-corrected chi connectivity index (χ1v) is 6.57. The smallest absolute Gasteiger partial charge is 0.206 e. The van der Waals surface area contributed by atoms with Gasteiger partial charge in [-0.25, -0.2) is 4.99 Å². The molecule has 7 heteroatoms. The van der Waals surface area contributed by atoms with Gasteiger partial charge in [-0.3, -0.25) is 9.59 Å². The van der Waals surface area contributed by atoms with Crippen LogP contribution in [0.3, 0.4) is 0 Å².